The second kappa shape index (κ2) is 9.10. The van der Waals surface area contributed by atoms with Crippen molar-refractivity contribution in [3.63, 3.8) is 0 Å². The highest BCUT2D eigenvalue weighted by atomic mass is 35.5. The summed E-state index contributed by atoms with van der Waals surface area (Å²) in [6.07, 6.45) is 3.69. The third-order valence-electron chi connectivity index (χ3n) is 6.23. The first-order chi connectivity index (χ1) is 15.6. The molecule has 0 unspecified atom stereocenters. The van der Waals surface area contributed by atoms with Crippen LogP contribution in [0.15, 0.2) is 34.9 Å². The van der Waals surface area contributed by atoms with E-state index in [4.69, 9.17) is 25.9 Å². The van der Waals surface area contributed by atoms with Crippen molar-refractivity contribution in [2.45, 2.75) is 26.3 Å². The van der Waals surface area contributed by atoms with E-state index in [-0.39, 0.29) is 5.91 Å². The maximum Gasteiger partial charge on any atom is 0.287 e. The number of carbonyl (C=O) groups is 1. The number of fused-ring (bicyclic) bond motifs is 3. The monoisotopic (exact) mass is 454 g/mol. The van der Waals surface area contributed by atoms with Gasteiger partial charge in [0, 0.05) is 54.9 Å². The fraction of sp³-hybridized carbons (Fsp3) is 0.417. The van der Waals surface area contributed by atoms with Crippen LogP contribution in [0.2, 0.25) is 5.02 Å². The predicted molar refractivity (Wildman–Crippen MR) is 122 cm³/mol. The summed E-state index contributed by atoms with van der Waals surface area (Å²) in [6.45, 7) is 7.27. The molecule has 168 valence electrons. The highest BCUT2D eigenvalue weighted by molar-refractivity contribution is 6.31. The second-order valence-electron chi connectivity index (χ2n) is 8.36. The largest absolute Gasteiger partial charge is 0.455 e. The molecule has 3 aromatic rings. The van der Waals surface area contributed by atoms with Crippen molar-refractivity contribution in [1.29, 1.82) is 0 Å². The molecule has 5 rings (SSSR count). The van der Waals surface area contributed by atoms with Crippen molar-refractivity contribution in [3.05, 3.63) is 63.7 Å². The molecule has 1 saturated heterocycles. The normalized spacial score (nSPS) is 15.9. The molecule has 7 nitrogen and oxygen atoms in total. The topological polar surface area (TPSA) is 72.5 Å². The second-order valence-corrected chi connectivity index (χ2v) is 8.76. The molecule has 1 N–H and O–H groups in total. The van der Waals surface area contributed by atoms with Crippen LogP contribution in [0.3, 0.4) is 0 Å². The lowest BCUT2D eigenvalue weighted by molar-refractivity contribution is 0.0382. The minimum Gasteiger partial charge on any atom is -0.455 e. The zero-order valence-electron chi connectivity index (χ0n) is 18.2. The Hall–Kier alpha value is -2.61. The van der Waals surface area contributed by atoms with Crippen LogP contribution in [0.25, 0.3) is 11.3 Å². The van der Waals surface area contributed by atoms with E-state index < -0.39 is 0 Å². The summed E-state index contributed by atoms with van der Waals surface area (Å²) < 4.78 is 13.3. The quantitative estimate of drug-likeness (QED) is 0.618. The maximum atomic E-state index is 12.8. The van der Waals surface area contributed by atoms with E-state index in [9.17, 15) is 4.79 Å². The number of morpholine rings is 1. The molecule has 0 atom stereocenters. The third kappa shape index (κ3) is 4.20. The summed E-state index contributed by atoms with van der Waals surface area (Å²) in [7, 11) is 0. The Morgan fingerprint density at radius 2 is 2.03 bits per heavy atom. The maximum absolute atomic E-state index is 12.8. The van der Waals surface area contributed by atoms with Gasteiger partial charge in [-0.2, -0.15) is 5.10 Å². The van der Waals surface area contributed by atoms with Crippen LogP contribution >= 0.6 is 11.6 Å². The molecule has 2 aliphatic rings. The number of benzene rings is 1. The molecule has 1 aliphatic carbocycles. The highest BCUT2D eigenvalue weighted by Crippen LogP contribution is 2.38. The standard InChI is InChI=1S/C24H27ClN4O3/c1-16-21-20(32-23(16)24(30)26-8-9-28-10-12-31-13-11-28)7-6-18-15-29(27-22(18)21)14-17-4-2-3-5-19(17)25/h2-5,15H,6-14H2,1H3,(H,26,30). The van der Waals surface area contributed by atoms with Gasteiger partial charge in [0.2, 0.25) is 0 Å². The molecule has 8 heteroatoms. The molecule has 0 radical (unpaired) electrons. The van der Waals surface area contributed by atoms with E-state index in [2.05, 4.69) is 16.4 Å². The Bertz CT molecular complexity index is 1130. The van der Waals surface area contributed by atoms with Gasteiger partial charge in [-0.05, 0) is 30.5 Å². The molecule has 3 heterocycles. The SMILES string of the molecule is Cc1c(C(=O)NCCN2CCOCC2)oc2c1-c1nn(Cc3ccccc3Cl)cc1CC2. The lowest BCUT2D eigenvalue weighted by atomic mass is 9.93. The first kappa shape index (κ1) is 21.2. The van der Waals surface area contributed by atoms with Gasteiger partial charge in [0.15, 0.2) is 5.76 Å². The zero-order valence-corrected chi connectivity index (χ0v) is 19.0. The molecule has 1 amide bonds. The van der Waals surface area contributed by atoms with Gasteiger partial charge in [-0.15, -0.1) is 0 Å². The summed E-state index contributed by atoms with van der Waals surface area (Å²) in [5.74, 6) is 1.07. The van der Waals surface area contributed by atoms with Gasteiger partial charge in [-0.3, -0.25) is 14.4 Å². The van der Waals surface area contributed by atoms with Gasteiger partial charge >= 0.3 is 0 Å². The molecule has 1 fully saturated rings. The lowest BCUT2D eigenvalue weighted by Gasteiger charge is -2.26. The fourth-order valence-electron chi connectivity index (χ4n) is 4.49. The number of rotatable bonds is 6. The Morgan fingerprint density at radius 1 is 1.22 bits per heavy atom. The number of carbonyl (C=O) groups excluding carboxylic acids is 1. The van der Waals surface area contributed by atoms with Crippen molar-refractivity contribution in [2.24, 2.45) is 0 Å². The lowest BCUT2D eigenvalue weighted by Crippen LogP contribution is -2.41. The van der Waals surface area contributed by atoms with E-state index in [1.807, 2.05) is 35.9 Å². The van der Waals surface area contributed by atoms with Crippen LogP contribution in [-0.2, 0) is 24.1 Å². The van der Waals surface area contributed by atoms with Crippen molar-refractivity contribution >= 4 is 17.5 Å². The molecule has 1 aliphatic heterocycles. The Kier molecular flexibility index (Phi) is 6.04. The van der Waals surface area contributed by atoms with E-state index in [1.165, 1.54) is 5.56 Å². The molecular formula is C24H27ClN4O3. The minimum atomic E-state index is -0.165. The van der Waals surface area contributed by atoms with E-state index in [0.717, 1.165) is 78.9 Å². The number of aromatic nitrogens is 2. The number of aryl methyl sites for hydroxylation is 2. The van der Waals surface area contributed by atoms with E-state index in [0.29, 0.717) is 18.8 Å². The van der Waals surface area contributed by atoms with Gasteiger partial charge in [0.25, 0.3) is 5.91 Å². The third-order valence-corrected chi connectivity index (χ3v) is 6.60. The smallest absolute Gasteiger partial charge is 0.287 e. The molecule has 32 heavy (non-hydrogen) atoms. The van der Waals surface area contributed by atoms with Gasteiger partial charge in [0.1, 0.15) is 5.76 Å². The van der Waals surface area contributed by atoms with Crippen molar-refractivity contribution < 1.29 is 13.9 Å². The molecule has 2 aromatic heterocycles. The molecule has 0 bridgehead atoms. The first-order valence-electron chi connectivity index (χ1n) is 11.1. The predicted octanol–water partition coefficient (Wildman–Crippen LogP) is 3.31. The number of ether oxygens (including phenoxy) is 1. The summed E-state index contributed by atoms with van der Waals surface area (Å²) >= 11 is 6.33. The minimum absolute atomic E-state index is 0.165. The summed E-state index contributed by atoms with van der Waals surface area (Å²) in [5.41, 5.74) is 4.92. The summed E-state index contributed by atoms with van der Waals surface area (Å²) in [5, 5.41) is 8.58. The zero-order chi connectivity index (χ0) is 22.1. The number of halogens is 1. The molecule has 1 aromatic carbocycles. The van der Waals surface area contributed by atoms with Crippen LogP contribution in [0.1, 0.15) is 33.0 Å². The van der Waals surface area contributed by atoms with Gasteiger partial charge in [0.05, 0.1) is 25.5 Å². The average Bonchev–Trinajstić information content (AvgIpc) is 3.36. The van der Waals surface area contributed by atoms with Crippen LogP contribution < -0.4 is 5.32 Å². The van der Waals surface area contributed by atoms with Crippen LogP contribution in [-0.4, -0.2) is 60.0 Å². The van der Waals surface area contributed by atoms with Crippen molar-refractivity contribution in [2.75, 3.05) is 39.4 Å². The number of nitrogens with one attached hydrogen (secondary N) is 1. The molecule has 0 saturated carbocycles. The van der Waals surface area contributed by atoms with Gasteiger partial charge in [-0.1, -0.05) is 29.8 Å². The Balaban J connectivity index is 1.32. The number of hydrogen-bond donors (Lipinski definition) is 1. The number of hydrogen-bond acceptors (Lipinski definition) is 5. The Labute approximate surface area is 192 Å². The molecular weight excluding hydrogens is 428 g/mol. The van der Waals surface area contributed by atoms with Crippen LogP contribution in [0, 0.1) is 6.92 Å². The van der Waals surface area contributed by atoms with Gasteiger partial charge < -0.3 is 14.5 Å². The molecule has 0 spiro atoms. The van der Waals surface area contributed by atoms with Crippen molar-refractivity contribution in [3.8, 4) is 11.3 Å². The van der Waals surface area contributed by atoms with E-state index >= 15 is 0 Å². The summed E-state index contributed by atoms with van der Waals surface area (Å²) in [4.78, 5) is 15.1. The summed E-state index contributed by atoms with van der Waals surface area (Å²) in [6, 6.07) is 7.81. The number of amides is 1. The van der Waals surface area contributed by atoms with Crippen molar-refractivity contribution in [1.82, 2.24) is 20.0 Å². The Morgan fingerprint density at radius 3 is 2.84 bits per heavy atom. The van der Waals surface area contributed by atoms with E-state index in [1.54, 1.807) is 0 Å². The average molecular weight is 455 g/mol. The highest BCUT2D eigenvalue weighted by Gasteiger charge is 2.29. The van der Waals surface area contributed by atoms with Crippen LogP contribution in [0.5, 0.6) is 0 Å². The number of furan rings is 1. The van der Waals surface area contributed by atoms with Crippen LogP contribution in [0.4, 0.5) is 0 Å². The fourth-order valence-corrected chi connectivity index (χ4v) is 4.69. The number of nitrogens with zero attached hydrogens (tertiary/aromatic N) is 3. The van der Waals surface area contributed by atoms with Gasteiger partial charge in [-0.25, -0.2) is 0 Å². The first-order valence-corrected chi connectivity index (χ1v) is 11.5.